The summed E-state index contributed by atoms with van der Waals surface area (Å²) in [6.07, 6.45) is 2.78. The van der Waals surface area contributed by atoms with Crippen molar-refractivity contribution in [3.63, 3.8) is 0 Å². The van der Waals surface area contributed by atoms with E-state index in [2.05, 4.69) is 13.8 Å². The molecule has 3 aromatic carbocycles. The number of hydrogen-bond donors (Lipinski definition) is 0. The monoisotopic (exact) mass is 410 g/mol. The molecular formula is C24H28O2P2. The van der Waals surface area contributed by atoms with E-state index in [0.29, 0.717) is 12.3 Å². The van der Waals surface area contributed by atoms with Crippen LogP contribution in [0.5, 0.6) is 0 Å². The molecule has 2 atom stereocenters. The molecule has 0 fully saturated rings. The van der Waals surface area contributed by atoms with Gasteiger partial charge in [-0.2, -0.15) is 0 Å². The fourth-order valence-electron chi connectivity index (χ4n) is 3.82. The lowest BCUT2D eigenvalue weighted by Gasteiger charge is -2.26. The highest BCUT2D eigenvalue weighted by atomic mass is 31.2. The zero-order chi connectivity index (χ0) is 20.0. The molecule has 0 bridgehead atoms. The minimum absolute atomic E-state index is 0.578. The lowest BCUT2D eigenvalue weighted by molar-refractivity contribution is 0.583. The van der Waals surface area contributed by atoms with Gasteiger partial charge in [-0.3, -0.25) is 0 Å². The second kappa shape index (κ2) is 9.08. The van der Waals surface area contributed by atoms with E-state index in [1.807, 2.05) is 84.9 Å². The van der Waals surface area contributed by atoms with E-state index < -0.39 is 14.3 Å². The Morgan fingerprint density at radius 3 is 1.18 bits per heavy atom. The van der Waals surface area contributed by atoms with Crippen LogP contribution in [0, 0.1) is 0 Å². The van der Waals surface area contributed by atoms with E-state index in [9.17, 15) is 9.13 Å². The summed E-state index contributed by atoms with van der Waals surface area (Å²) >= 11 is 0. The fourth-order valence-corrected chi connectivity index (χ4v) is 10.5. The van der Waals surface area contributed by atoms with Crippen molar-refractivity contribution in [1.82, 2.24) is 0 Å². The Kier molecular flexibility index (Phi) is 6.76. The van der Waals surface area contributed by atoms with Gasteiger partial charge in [-0.15, -0.1) is 0 Å². The third kappa shape index (κ3) is 3.95. The molecule has 0 aliphatic carbocycles. The molecule has 0 spiro atoms. The summed E-state index contributed by atoms with van der Waals surface area (Å²) in [7, 11) is -5.75. The van der Waals surface area contributed by atoms with Crippen LogP contribution in [0.2, 0.25) is 0 Å². The van der Waals surface area contributed by atoms with E-state index in [1.165, 1.54) is 0 Å². The summed E-state index contributed by atoms with van der Waals surface area (Å²) in [5.74, 6) is 0. The third-order valence-corrected chi connectivity index (χ3v) is 12.0. The van der Waals surface area contributed by atoms with E-state index >= 15 is 0 Å². The van der Waals surface area contributed by atoms with Crippen LogP contribution >= 0.6 is 14.3 Å². The Morgan fingerprint density at radius 2 is 0.857 bits per heavy atom. The van der Waals surface area contributed by atoms with Crippen LogP contribution < -0.4 is 21.2 Å². The molecule has 28 heavy (non-hydrogen) atoms. The molecule has 2 unspecified atom stereocenters. The quantitative estimate of drug-likeness (QED) is 0.482. The van der Waals surface area contributed by atoms with Crippen LogP contribution in [0.4, 0.5) is 0 Å². The first-order valence-electron chi connectivity index (χ1n) is 9.95. The maximum absolute atomic E-state index is 14.4. The second-order valence-corrected chi connectivity index (χ2v) is 12.9. The molecule has 2 nitrogen and oxygen atoms in total. The molecule has 0 aromatic heterocycles. The van der Waals surface area contributed by atoms with E-state index in [4.69, 9.17) is 0 Å². The van der Waals surface area contributed by atoms with Gasteiger partial charge in [0.15, 0.2) is 0 Å². The molecule has 0 heterocycles. The van der Waals surface area contributed by atoms with Gasteiger partial charge >= 0.3 is 0 Å². The lowest BCUT2D eigenvalue weighted by atomic mass is 10.4. The maximum Gasteiger partial charge on any atom is 0.144 e. The standard InChI is InChI=1S/C24H28O2P2/c1-3-19-27(25,21-13-7-5-8-14-21)23-17-11-12-18-24(23)28(26,20-4-2)22-15-9-6-10-16-22/h5-18H,3-4,19-20H2,1-2H3. The molecule has 0 aliphatic rings. The van der Waals surface area contributed by atoms with Gasteiger partial charge in [0.25, 0.3) is 0 Å². The molecule has 3 aromatic rings. The molecule has 146 valence electrons. The van der Waals surface area contributed by atoms with Gasteiger partial charge < -0.3 is 9.13 Å². The summed E-state index contributed by atoms with van der Waals surface area (Å²) in [6.45, 7) is 4.11. The Labute approximate surface area is 168 Å². The maximum atomic E-state index is 14.4. The Balaban J connectivity index is 2.27. The first kappa shape index (κ1) is 20.8. The Hall–Kier alpha value is -1.88. The van der Waals surface area contributed by atoms with Crippen LogP contribution in [0.1, 0.15) is 26.7 Å². The zero-order valence-corrected chi connectivity index (χ0v) is 18.4. The van der Waals surface area contributed by atoms with Crippen molar-refractivity contribution in [2.24, 2.45) is 0 Å². The van der Waals surface area contributed by atoms with Gasteiger partial charge in [0.1, 0.15) is 14.3 Å². The van der Waals surface area contributed by atoms with Crippen molar-refractivity contribution in [2.45, 2.75) is 26.7 Å². The smallest absolute Gasteiger partial charge is 0.144 e. The van der Waals surface area contributed by atoms with Crippen LogP contribution in [0.25, 0.3) is 0 Å². The van der Waals surface area contributed by atoms with Crippen molar-refractivity contribution in [1.29, 1.82) is 0 Å². The Morgan fingerprint density at radius 1 is 0.536 bits per heavy atom. The van der Waals surface area contributed by atoms with Gasteiger partial charge in [0.2, 0.25) is 0 Å². The van der Waals surface area contributed by atoms with Crippen LogP contribution in [-0.2, 0) is 9.13 Å². The first-order chi connectivity index (χ1) is 13.6. The van der Waals surface area contributed by atoms with Crippen LogP contribution in [0.3, 0.4) is 0 Å². The van der Waals surface area contributed by atoms with Crippen molar-refractivity contribution in [3.05, 3.63) is 84.9 Å². The predicted molar refractivity (Wildman–Crippen MR) is 123 cm³/mol. The highest BCUT2D eigenvalue weighted by Crippen LogP contribution is 2.50. The minimum atomic E-state index is -2.87. The van der Waals surface area contributed by atoms with E-state index in [1.54, 1.807) is 0 Å². The topological polar surface area (TPSA) is 34.1 Å². The van der Waals surface area contributed by atoms with Gasteiger partial charge in [0.05, 0.1) is 0 Å². The second-order valence-electron chi connectivity index (χ2n) is 7.09. The van der Waals surface area contributed by atoms with Crippen molar-refractivity contribution < 1.29 is 9.13 Å². The van der Waals surface area contributed by atoms with E-state index in [-0.39, 0.29) is 0 Å². The lowest BCUT2D eigenvalue weighted by Crippen LogP contribution is -2.34. The van der Waals surface area contributed by atoms with Crippen LogP contribution in [0.15, 0.2) is 84.9 Å². The van der Waals surface area contributed by atoms with E-state index in [0.717, 1.165) is 34.1 Å². The predicted octanol–water partition coefficient (Wildman–Crippen LogP) is 5.13. The molecule has 0 saturated carbocycles. The average molecular weight is 410 g/mol. The summed E-state index contributed by atoms with van der Waals surface area (Å²) < 4.78 is 28.8. The molecule has 4 heteroatoms. The largest absolute Gasteiger partial charge is 0.314 e. The third-order valence-electron chi connectivity index (χ3n) is 5.08. The van der Waals surface area contributed by atoms with Crippen molar-refractivity contribution in [3.8, 4) is 0 Å². The normalized spacial score (nSPS) is 15.5. The van der Waals surface area contributed by atoms with Crippen molar-refractivity contribution in [2.75, 3.05) is 12.3 Å². The van der Waals surface area contributed by atoms with Gasteiger partial charge in [-0.05, 0) is 12.8 Å². The molecular weight excluding hydrogens is 382 g/mol. The summed E-state index contributed by atoms with van der Waals surface area (Å²) in [5, 5.41) is 3.23. The molecule has 3 rings (SSSR count). The summed E-state index contributed by atoms with van der Waals surface area (Å²) in [5.41, 5.74) is 0. The first-order valence-corrected chi connectivity index (χ1v) is 13.7. The van der Waals surface area contributed by atoms with Gasteiger partial charge in [0, 0.05) is 33.5 Å². The summed E-state index contributed by atoms with van der Waals surface area (Å²) in [4.78, 5) is 0. The molecule has 0 saturated heterocycles. The zero-order valence-electron chi connectivity index (χ0n) is 16.6. The summed E-state index contributed by atoms with van der Waals surface area (Å²) in [6, 6.07) is 27.1. The highest BCUT2D eigenvalue weighted by Gasteiger charge is 2.36. The number of benzene rings is 3. The minimum Gasteiger partial charge on any atom is -0.314 e. The number of hydrogen-bond acceptors (Lipinski definition) is 2. The molecule has 0 radical (unpaired) electrons. The van der Waals surface area contributed by atoms with Gasteiger partial charge in [-0.25, -0.2) is 0 Å². The molecule has 0 aliphatic heterocycles. The molecule has 0 N–H and O–H groups in total. The Bertz CT molecular complexity index is 915. The SMILES string of the molecule is CCCP(=O)(c1ccccc1)c1ccccc1P(=O)(CCC)c1ccccc1. The average Bonchev–Trinajstić information content (AvgIpc) is 2.75. The molecule has 0 amide bonds. The van der Waals surface area contributed by atoms with Crippen LogP contribution in [-0.4, -0.2) is 12.3 Å². The fraction of sp³-hybridized carbons (Fsp3) is 0.250. The van der Waals surface area contributed by atoms with Gasteiger partial charge in [-0.1, -0.05) is 98.8 Å². The van der Waals surface area contributed by atoms with Crippen molar-refractivity contribution >= 4 is 35.5 Å². The highest BCUT2D eigenvalue weighted by molar-refractivity contribution is 7.84. The number of rotatable bonds is 8.